The van der Waals surface area contributed by atoms with Crippen LogP contribution in [-0.4, -0.2) is 65.1 Å². The molecule has 6 heteroatoms. The lowest BCUT2D eigenvalue weighted by atomic mass is 10.0. The zero-order chi connectivity index (χ0) is 21.1. The highest BCUT2D eigenvalue weighted by molar-refractivity contribution is 5.33. The maximum absolute atomic E-state index is 5.71. The van der Waals surface area contributed by atoms with Gasteiger partial charge in [-0.3, -0.25) is 9.47 Å². The van der Waals surface area contributed by atoms with Gasteiger partial charge in [0.05, 0.1) is 13.2 Å². The first kappa shape index (κ1) is 21.3. The number of rotatable bonds is 9. The van der Waals surface area contributed by atoms with E-state index in [2.05, 4.69) is 76.6 Å². The number of aryl methyl sites for hydroxylation is 1. The zero-order valence-electron chi connectivity index (χ0n) is 19.1. The molecular formula is C24H37N5O. The first-order valence-corrected chi connectivity index (χ1v) is 11.4. The van der Waals surface area contributed by atoms with Gasteiger partial charge >= 0.3 is 0 Å². The molecule has 2 aliphatic rings. The Bertz CT molecular complexity index is 842. The van der Waals surface area contributed by atoms with Crippen LogP contribution >= 0.6 is 0 Å². The predicted molar refractivity (Wildman–Crippen MR) is 121 cm³/mol. The molecule has 2 heterocycles. The number of hydrogen-bond acceptors (Lipinski definition) is 5. The van der Waals surface area contributed by atoms with Crippen molar-refractivity contribution < 1.29 is 4.74 Å². The van der Waals surface area contributed by atoms with Crippen LogP contribution in [0.25, 0.3) is 0 Å². The summed E-state index contributed by atoms with van der Waals surface area (Å²) in [6.07, 6.45) is 4.87. The number of benzene rings is 1. The molecule has 0 atom stereocenters. The van der Waals surface area contributed by atoms with E-state index in [4.69, 9.17) is 4.74 Å². The van der Waals surface area contributed by atoms with E-state index >= 15 is 0 Å². The van der Waals surface area contributed by atoms with Crippen molar-refractivity contribution in [2.45, 2.75) is 58.5 Å². The van der Waals surface area contributed by atoms with Crippen LogP contribution in [0.2, 0.25) is 0 Å². The van der Waals surface area contributed by atoms with Gasteiger partial charge in [-0.05, 0) is 44.2 Å². The normalized spacial score (nSPS) is 19.2. The monoisotopic (exact) mass is 411 g/mol. The van der Waals surface area contributed by atoms with E-state index in [0.29, 0.717) is 0 Å². The number of anilines is 1. The average molecular weight is 412 g/mol. The Hall–Kier alpha value is -1.92. The van der Waals surface area contributed by atoms with Gasteiger partial charge in [0.15, 0.2) is 0 Å². The van der Waals surface area contributed by atoms with E-state index in [1.165, 1.54) is 30.4 Å². The predicted octanol–water partition coefficient (Wildman–Crippen LogP) is 3.52. The molecule has 1 saturated carbocycles. The molecule has 0 unspecified atom stereocenters. The first-order chi connectivity index (χ1) is 14.4. The van der Waals surface area contributed by atoms with Crippen molar-refractivity contribution in [3.8, 4) is 0 Å². The number of aromatic nitrogens is 3. The summed E-state index contributed by atoms with van der Waals surface area (Å²) in [5.41, 5.74) is 2.70. The maximum atomic E-state index is 5.71. The summed E-state index contributed by atoms with van der Waals surface area (Å²) < 4.78 is 8.06. The van der Waals surface area contributed by atoms with E-state index in [1.54, 1.807) is 0 Å². The van der Waals surface area contributed by atoms with E-state index in [-0.39, 0.29) is 5.54 Å². The summed E-state index contributed by atoms with van der Waals surface area (Å²) in [4.78, 5) is 4.85. The zero-order valence-corrected chi connectivity index (χ0v) is 19.1. The molecule has 164 valence electrons. The van der Waals surface area contributed by atoms with Crippen LogP contribution in [0.4, 0.5) is 5.95 Å². The van der Waals surface area contributed by atoms with Crippen molar-refractivity contribution in [3.63, 3.8) is 0 Å². The second-order valence-electron chi connectivity index (χ2n) is 9.68. The summed E-state index contributed by atoms with van der Waals surface area (Å²) in [6, 6.07) is 8.59. The molecule has 0 bridgehead atoms. The number of morpholine rings is 1. The highest BCUT2D eigenvalue weighted by Gasteiger charge is 2.30. The fourth-order valence-electron chi connectivity index (χ4n) is 4.36. The minimum atomic E-state index is 0.0699. The minimum absolute atomic E-state index is 0.0699. The summed E-state index contributed by atoms with van der Waals surface area (Å²) in [5, 5.41) is 9.28. The second-order valence-corrected chi connectivity index (χ2v) is 9.68. The van der Waals surface area contributed by atoms with Crippen LogP contribution in [0, 0.1) is 12.8 Å². The van der Waals surface area contributed by atoms with Gasteiger partial charge in [0.25, 0.3) is 0 Å². The molecule has 0 radical (unpaired) electrons. The van der Waals surface area contributed by atoms with Crippen LogP contribution in [0.3, 0.4) is 0 Å². The van der Waals surface area contributed by atoms with Gasteiger partial charge in [-0.1, -0.05) is 37.1 Å². The highest BCUT2D eigenvalue weighted by atomic mass is 16.5. The highest BCUT2D eigenvalue weighted by Crippen LogP contribution is 2.32. The molecule has 1 aromatic heterocycles. The molecule has 1 saturated heterocycles. The van der Waals surface area contributed by atoms with Crippen molar-refractivity contribution in [1.29, 1.82) is 0 Å². The SMILES string of the molecule is Cc1ccccc1Cc1nnc(N(C)CCC2CC2)n1CCN1CCOCC1(C)C. The Morgan fingerprint density at radius 1 is 1.17 bits per heavy atom. The van der Waals surface area contributed by atoms with Crippen molar-refractivity contribution in [1.82, 2.24) is 19.7 Å². The standard InChI is InChI=1S/C24H37N5O/c1-19-7-5-6-8-21(19)17-22-25-26-23(27(4)12-11-20-9-10-20)29(22)14-13-28-15-16-30-18-24(28,2)3/h5-8,20H,9-18H2,1-4H3. The van der Waals surface area contributed by atoms with E-state index < -0.39 is 0 Å². The van der Waals surface area contributed by atoms with Gasteiger partial charge in [-0.25, -0.2) is 0 Å². The maximum Gasteiger partial charge on any atom is 0.227 e. The smallest absolute Gasteiger partial charge is 0.227 e. The third-order valence-corrected chi connectivity index (χ3v) is 6.74. The first-order valence-electron chi connectivity index (χ1n) is 11.4. The van der Waals surface area contributed by atoms with Crippen LogP contribution < -0.4 is 4.90 Å². The van der Waals surface area contributed by atoms with Crippen molar-refractivity contribution >= 4 is 5.95 Å². The molecule has 0 N–H and O–H groups in total. The van der Waals surface area contributed by atoms with Gasteiger partial charge in [0.2, 0.25) is 5.95 Å². The van der Waals surface area contributed by atoms with Gasteiger partial charge in [0.1, 0.15) is 5.82 Å². The Labute approximate surface area is 181 Å². The lowest BCUT2D eigenvalue weighted by Gasteiger charge is -2.42. The topological polar surface area (TPSA) is 46.4 Å². The Morgan fingerprint density at radius 3 is 2.70 bits per heavy atom. The third-order valence-electron chi connectivity index (χ3n) is 6.74. The van der Waals surface area contributed by atoms with Crippen LogP contribution in [0.1, 0.15) is 50.1 Å². The lowest BCUT2D eigenvalue weighted by Crippen LogP contribution is -2.53. The quantitative estimate of drug-likeness (QED) is 0.632. The van der Waals surface area contributed by atoms with Crippen molar-refractivity contribution in [2.75, 3.05) is 44.8 Å². The second kappa shape index (κ2) is 9.06. The summed E-state index contributed by atoms with van der Waals surface area (Å²) in [5.74, 6) is 2.98. The van der Waals surface area contributed by atoms with Gasteiger partial charge in [-0.15, -0.1) is 10.2 Å². The molecular weight excluding hydrogens is 374 g/mol. The molecule has 1 aliphatic carbocycles. The van der Waals surface area contributed by atoms with Gasteiger partial charge in [0, 0.05) is 45.2 Å². The Kier molecular flexibility index (Phi) is 6.44. The Balaban J connectivity index is 1.53. The largest absolute Gasteiger partial charge is 0.378 e. The summed E-state index contributed by atoms with van der Waals surface area (Å²) in [7, 11) is 2.17. The molecule has 0 amide bonds. The molecule has 2 aromatic rings. The molecule has 2 fully saturated rings. The summed E-state index contributed by atoms with van der Waals surface area (Å²) in [6.45, 7) is 12.2. The van der Waals surface area contributed by atoms with Crippen LogP contribution in [0.15, 0.2) is 24.3 Å². The van der Waals surface area contributed by atoms with Gasteiger partial charge in [-0.2, -0.15) is 0 Å². The van der Waals surface area contributed by atoms with Crippen molar-refractivity contribution in [3.05, 3.63) is 41.2 Å². The number of hydrogen-bond donors (Lipinski definition) is 0. The minimum Gasteiger partial charge on any atom is -0.378 e. The fourth-order valence-corrected chi connectivity index (χ4v) is 4.36. The number of nitrogens with zero attached hydrogens (tertiary/aromatic N) is 5. The van der Waals surface area contributed by atoms with Gasteiger partial charge < -0.3 is 9.64 Å². The average Bonchev–Trinajstić information content (AvgIpc) is 3.47. The molecule has 6 nitrogen and oxygen atoms in total. The van der Waals surface area contributed by atoms with Crippen LogP contribution in [0.5, 0.6) is 0 Å². The van der Waals surface area contributed by atoms with E-state index in [1.807, 2.05) is 0 Å². The molecule has 1 aromatic carbocycles. The number of ether oxygens (including phenoxy) is 1. The Morgan fingerprint density at radius 2 is 1.97 bits per heavy atom. The third kappa shape index (κ3) is 5.03. The fraction of sp³-hybridized carbons (Fsp3) is 0.667. The van der Waals surface area contributed by atoms with E-state index in [9.17, 15) is 0 Å². The molecule has 4 rings (SSSR count). The van der Waals surface area contributed by atoms with Crippen LogP contribution in [-0.2, 0) is 17.7 Å². The van der Waals surface area contributed by atoms with E-state index in [0.717, 1.165) is 63.5 Å². The summed E-state index contributed by atoms with van der Waals surface area (Å²) >= 11 is 0. The lowest BCUT2D eigenvalue weighted by molar-refractivity contribution is -0.0520. The molecule has 0 spiro atoms. The van der Waals surface area contributed by atoms with Crippen molar-refractivity contribution in [2.24, 2.45) is 5.92 Å². The molecule has 1 aliphatic heterocycles. The molecule has 30 heavy (non-hydrogen) atoms.